The fourth-order valence-corrected chi connectivity index (χ4v) is 2.77. The summed E-state index contributed by atoms with van der Waals surface area (Å²) in [6, 6.07) is 6.62. The van der Waals surface area contributed by atoms with Gasteiger partial charge in [0.05, 0.1) is 6.61 Å². The van der Waals surface area contributed by atoms with Crippen molar-refractivity contribution in [1.29, 1.82) is 0 Å². The fourth-order valence-electron chi connectivity index (χ4n) is 2.77. The number of rotatable bonds is 8. The second kappa shape index (κ2) is 8.70. The summed E-state index contributed by atoms with van der Waals surface area (Å²) in [5.74, 6) is 2.40. The minimum atomic E-state index is 0.0622. The van der Waals surface area contributed by atoms with Gasteiger partial charge in [0.2, 0.25) is 0 Å². The van der Waals surface area contributed by atoms with Gasteiger partial charge < -0.3 is 16.2 Å². The average Bonchev–Trinajstić information content (AvgIpc) is 2.46. The topological polar surface area (TPSA) is 61.3 Å². The summed E-state index contributed by atoms with van der Waals surface area (Å²) in [4.78, 5) is 0. The van der Waals surface area contributed by atoms with E-state index in [1.807, 2.05) is 0 Å². The molecule has 3 heteroatoms. The fraction of sp³-hybridized carbons (Fsp3) is 0.700. The zero-order valence-electron chi connectivity index (χ0n) is 15.9. The molecule has 0 aromatic heterocycles. The van der Waals surface area contributed by atoms with Gasteiger partial charge in [0.25, 0.3) is 0 Å². The quantitative estimate of drug-likeness (QED) is 0.767. The van der Waals surface area contributed by atoms with Gasteiger partial charge in [0, 0.05) is 0 Å². The molecule has 0 saturated heterocycles. The lowest BCUT2D eigenvalue weighted by Crippen LogP contribution is -2.30. The molecule has 0 aliphatic carbocycles. The zero-order chi connectivity index (χ0) is 17.6. The van der Waals surface area contributed by atoms with Crippen molar-refractivity contribution < 1.29 is 4.74 Å². The summed E-state index contributed by atoms with van der Waals surface area (Å²) in [6.45, 7) is 15.4. The van der Waals surface area contributed by atoms with Crippen LogP contribution in [0.1, 0.15) is 52.7 Å². The molecule has 1 atom stereocenters. The van der Waals surface area contributed by atoms with E-state index in [4.69, 9.17) is 16.2 Å². The van der Waals surface area contributed by atoms with Crippen LogP contribution in [0.2, 0.25) is 0 Å². The highest BCUT2D eigenvalue weighted by Gasteiger charge is 2.21. The van der Waals surface area contributed by atoms with E-state index in [-0.39, 0.29) is 5.41 Å². The molecule has 132 valence electrons. The van der Waals surface area contributed by atoms with Gasteiger partial charge >= 0.3 is 0 Å². The van der Waals surface area contributed by atoms with Gasteiger partial charge in [-0.1, -0.05) is 53.7 Å². The highest BCUT2D eigenvalue weighted by atomic mass is 16.5. The maximum absolute atomic E-state index is 6.03. The van der Waals surface area contributed by atoms with Crippen LogP contribution in [-0.4, -0.2) is 19.7 Å². The minimum Gasteiger partial charge on any atom is -0.493 e. The van der Waals surface area contributed by atoms with Gasteiger partial charge in [-0.2, -0.15) is 0 Å². The molecule has 1 aromatic carbocycles. The van der Waals surface area contributed by atoms with E-state index < -0.39 is 0 Å². The molecule has 0 spiro atoms. The lowest BCUT2D eigenvalue weighted by molar-refractivity contribution is 0.264. The van der Waals surface area contributed by atoms with Crippen LogP contribution in [-0.2, 0) is 11.8 Å². The third kappa shape index (κ3) is 6.15. The molecule has 0 aliphatic heterocycles. The number of ether oxygens (including phenoxy) is 1. The monoisotopic (exact) mass is 320 g/mol. The first kappa shape index (κ1) is 20.0. The van der Waals surface area contributed by atoms with E-state index >= 15 is 0 Å². The maximum Gasteiger partial charge on any atom is 0.123 e. The van der Waals surface area contributed by atoms with Crippen LogP contribution in [0.5, 0.6) is 5.75 Å². The first-order valence-electron chi connectivity index (χ1n) is 8.85. The third-order valence-electron chi connectivity index (χ3n) is 4.39. The van der Waals surface area contributed by atoms with Crippen molar-refractivity contribution in [2.24, 2.45) is 29.2 Å². The van der Waals surface area contributed by atoms with E-state index in [9.17, 15) is 0 Å². The van der Waals surface area contributed by atoms with E-state index in [0.717, 1.165) is 18.8 Å². The van der Waals surface area contributed by atoms with E-state index in [0.29, 0.717) is 30.8 Å². The average molecular weight is 321 g/mol. The molecule has 0 fully saturated rings. The molecule has 1 unspecified atom stereocenters. The Kier molecular flexibility index (Phi) is 7.56. The molecular weight excluding hydrogens is 284 g/mol. The van der Waals surface area contributed by atoms with Crippen LogP contribution < -0.4 is 16.2 Å². The highest BCUT2D eigenvalue weighted by molar-refractivity contribution is 5.41. The van der Waals surface area contributed by atoms with Gasteiger partial charge in [-0.05, 0) is 59.9 Å². The van der Waals surface area contributed by atoms with Crippen molar-refractivity contribution in [2.75, 3.05) is 19.7 Å². The van der Waals surface area contributed by atoms with Gasteiger partial charge in [-0.25, -0.2) is 0 Å². The van der Waals surface area contributed by atoms with Crippen molar-refractivity contribution in [3.8, 4) is 5.75 Å². The predicted molar refractivity (Wildman–Crippen MR) is 99.9 cm³/mol. The Labute approximate surface area is 142 Å². The Morgan fingerprint density at radius 3 is 2.13 bits per heavy atom. The summed E-state index contributed by atoms with van der Waals surface area (Å²) < 4.78 is 6.03. The summed E-state index contributed by atoms with van der Waals surface area (Å²) in [7, 11) is 0. The largest absolute Gasteiger partial charge is 0.493 e. The van der Waals surface area contributed by atoms with E-state index in [1.54, 1.807) is 0 Å². The number of nitrogens with two attached hydrogens (primary N) is 2. The number of benzene rings is 1. The van der Waals surface area contributed by atoms with Crippen LogP contribution in [0.15, 0.2) is 18.2 Å². The SMILES string of the molecule is CC(C)COc1ccc(CC(C)C(CN)CN)cc1C(C)(C)C. The summed E-state index contributed by atoms with van der Waals surface area (Å²) in [5.41, 5.74) is 14.3. The summed E-state index contributed by atoms with van der Waals surface area (Å²) in [5, 5.41) is 0. The first-order valence-corrected chi connectivity index (χ1v) is 8.85. The Balaban J connectivity index is 2.99. The van der Waals surface area contributed by atoms with Crippen molar-refractivity contribution in [3.63, 3.8) is 0 Å². The minimum absolute atomic E-state index is 0.0622. The predicted octanol–water partition coefficient (Wildman–Crippen LogP) is 3.73. The molecule has 1 aromatic rings. The Hall–Kier alpha value is -1.06. The van der Waals surface area contributed by atoms with Crippen LogP contribution >= 0.6 is 0 Å². The molecule has 0 heterocycles. The molecule has 23 heavy (non-hydrogen) atoms. The third-order valence-corrected chi connectivity index (χ3v) is 4.39. The molecule has 4 N–H and O–H groups in total. The van der Waals surface area contributed by atoms with Crippen LogP contribution in [0.3, 0.4) is 0 Å². The molecule has 3 nitrogen and oxygen atoms in total. The zero-order valence-corrected chi connectivity index (χ0v) is 15.9. The summed E-state index contributed by atoms with van der Waals surface area (Å²) in [6.07, 6.45) is 1.01. The molecule has 0 aliphatic rings. The van der Waals surface area contributed by atoms with Crippen LogP contribution in [0.4, 0.5) is 0 Å². The Bertz CT molecular complexity index is 473. The number of hydrogen-bond acceptors (Lipinski definition) is 3. The molecule has 0 radical (unpaired) electrons. The van der Waals surface area contributed by atoms with Crippen molar-refractivity contribution in [1.82, 2.24) is 0 Å². The Morgan fingerprint density at radius 2 is 1.65 bits per heavy atom. The maximum atomic E-state index is 6.03. The number of hydrogen-bond donors (Lipinski definition) is 2. The van der Waals surface area contributed by atoms with Gasteiger partial charge in [-0.3, -0.25) is 0 Å². The van der Waals surface area contributed by atoms with Gasteiger partial charge in [0.1, 0.15) is 5.75 Å². The first-order chi connectivity index (χ1) is 10.7. The van der Waals surface area contributed by atoms with Gasteiger partial charge in [-0.15, -0.1) is 0 Å². The highest BCUT2D eigenvalue weighted by Crippen LogP contribution is 2.33. The molecule has 0 bridgehead atoms. The molecule has 0 amide bonds. The lowest BCUT2D eigenvalue weighted by atomic mass is 9.83. The Morgan fingerprint density at radius 1 is 1.04 bits per heavy atom. The molecular formula is C20H36N2O. The standard InChI is InChI=1S/C20H36N2O/c1-14(2)13-23-19-8-7-16(10-18(19)20(4,5)6)9-15(3)17(11-21)12-22/h7-8,10,14-15,17H,9,11-13,21-22H2,1-6H3. The van der Waals surface area contributed by atoms with Gasteiger partial charge in [0.15, 0.2) is 0 Å². The van der Waals surface area contributed by atoms with Crippen LogP contribution in [0, 0.1) is 17.8 Å². The lowest BCUT2D eigenvalue weighted by Gasteiger charge is -2.26. The smallest absolute Gasteiger partial charge is 0.123 e. The normalized spacial score (nSPS) is 13.7. The molecule has 1 rings (SSSR count). The van der Waals surface area contributed by atoms with Crippen molar-refractivity contribution in [3.05, 3.63) is 29.3 Å². The van der Waals surface area contributed by atoms with Crippen molar-refractivity contribution in [2.45, 2.75) is 53.4 Å². The second-order valence-corrected chi connectivity index (χ2v) is 8.20. The molecule has 0 saturated carbocycles. The van der Waals surface area contributed by atoms with E-state index in [1.165, 1.54) is 11.1 Å². The summed E-state index contributed by atoms with van der Waals surface area (Å²) >= 11 is 0. The van der Waals surface area contributed by atoms with Crippen molar-refractivity contribution >= 4 is 0 Å². The van der Waals surface area contributed by atoms with E-state index in [2.05, 4.69) is 59.7 Å². The second-order valence-electron chi connectivity index (χ2n) is 8.20. The van der Waals surface area contributed by atoms with Crippen LogP contribution in [0.25, 0.3) is 0 Å².